The number of nitrogens with zero attached hydrogens (tertiary/aromatic N) is 1. The standard InChI is InChI=1S/C15H22N2O2S/c1-11(2)17(10-12-3-4-12)20(18,19)14-5-6-15-13(9-14)7-8-16-15/h5-6,9,11-12,16H,3-4,7-8,10H2,1-2H3. The molecule has 1 heterocycles. The van der Waals surface area contributed by atoms with E-state index in [0.29, 0.717) is 17.4 Å². The van der Waals surface area contributed by atoms with E-state index in [1.54, 1.807) is 10.4 Å². The Morgan fingerprint density at radius 2 is 2.10 bits per heavy atom. The Hall–Kier alpha value is -1.07. The van der Waals surface area contributed by atoms with Gasteiger partial charge in [0.05, 0.1) is 4.90 Å². The first-order valence-electron chi connectivity index (χ1n) is 7.37. The summed E-state index contributed by atoms with van der Waals surface area (Å²) >= 11 is 0. The molecule has 1 aromatic carbocycles. The van der Waals surface area contributed by atoms with Crippen molar-refractivity contribution in [2.45, 2.75) is 44.0 Å². The van der Waals surface area contributed by atoms with Gasteiger partial charge in [-0.1, -0.05) is 0 Å². The van der Waals surface area contributed by atoms with Crippen LogP contribution in [0, 0.1) is 5.92 Å². The zero-order valence-corrected chi connectivity index (χ0v) is 12.9. The molecule has 110 valence electrons. The quantitative estimate of drug-likeness (QED) is 0.907. The van der Waals surface area contributed by atoms with Crippen LogP contribution in [0.2, 0.25) is 0 Å². The number of fused-ring (bicyclic) bond motifs is 1. The molecule has 5 heteroatoms. The maximum absolute atomic E-state index is 12.8. The van der Waals surface area contributed by atoms with E-state index in [1.807, 2.05) is 26.0 Å². The minimum absolute atomic E-state index is 0.00646. The average molecular weight is 294 g/mol. The Labute approximate surface area is 121 Å². The second kappa shape index (κ2) is 5.04. The van der Waals surface area contributed by atoms with Crippen molar-refractivity contribution >= 4 is 15.7 Å². The topological polar surface area (TPSA) is 49.4 Å². The highest BCUT2D eigenvalue weighted by Gasteiger charge is 2.33. The lowest BCUT2D eigenvalue weighted by atomic mass is 10.2. The summed E-state index contributed by atoms with van der Waals surface area (Å²) in [5, 5.41) is 3.26. The summed E-state index contributed by atoms with van der Waals surface area (Å²) in [6.07, 6.45) is 3.22. The molecular weight excluding hydrogens is 272 g/mol. The fourth-order valence-corrected chi connectivity index (χ4v) is 4.48. The first kappa shape index (κ1) is 13.9. The summed E-state index contributed by atoms with van der Waals surface area (Å²) in [6.45, 7) is 5.47. The summed E-state index contributed by atoms with van der Waals surface area (Å²) in [5.74, 6) is 0.559. The van der Waals surface area contributed by atoms with Crippen molar-refractivity contribution in [1.82, 2.24) is 4.31 Å². The van der Waals surface area contributed by atoms with E-state index in [0.717, 1.165) is 37.1 Å². The molecule has 1 N–H and O–H groups in total. The van der Waals surface area contributed by atoms with Crippen molar-refractivity contribution in [2.75, 3.05) is 18.4 Å². The Balaban J connectivity index is 1.92. The van der Waals surface area contributed by atoms with Crippen LogP contribution in [0.5, 0.6) is 0 Å². The Kier molecular flexibility index (Phi) is 3.50. The van der Waals surface area contributed by atoms with Crippen LogP contribution in [-0.4, -0.2) is 31.9 Å². The molecule has 1 aromatic rings. The van der Waals surface area contributed by atoms with Crippen molar-refractivity contribution < 1.29 is 8.42 Å². The zero-order valence-electron chi connectivity index (χ0n) is 12.1. The van der Waals surface area contributed by atoms with Crippen molar-refractivity contribution in [1.29, 1.82) is 0 Å². The molecule has 0 aromatic heterocycles. The molecule has 0 amide bonds. The summed E-state index contributed by atoms with van der Waals surface area (Å²) in [5.41, 5.74) is 2.18. The van der Waals surface area contributed by atoms with Crippen LogP contribution >= 0.6 is 0 Å². The molecule has 0 bridgehead atoms. The minimum Gasteiger partial charge on any atom is -0.384 e. The monoisotopic (exact) mass is 294 g/mol. The second-order valence-electron chi connectivity index (χ2n) is 6.11. The number of sulfonamides is 1. The summed E-state index contributed by atoms with van der Waals surface area (Å²) in [6, 6.07) is 5.47. The highest BCUT2D eigenvalue weighted by Crippen LogP contribution is 2.33. The van der Waals surface area contributed by atoms with E-state index in [9.17, 15) is 8.42 Å². The van der Waals surface area contributed by atoms with E-state index in [4.69, 9.17) is 0 Å². The molecule has 0 spiro atoms. The molecule has 2 aliphatic rings. The highest BCUT2D eigenvalue weighted by molar-refractivity contribution is 7.89. The van der Waals surface area contributed by atoms with Gasteiger partial charge in [-0.2, -0.15) is 4.31 Å². The van der Waals surface area contributed by atoms with Gasteiger partial charge >= 0.3 is 0 Å². The third-order valence-electron chi connectivity index (χ3n) is 4.10. The van der Waals surface area contributed by atoms with Gasteiger partial charge in [0.25, 0.3) is 0 Å². The lowest BCUT2D eigenvalue weighted by molar-refractivity contribution is 0.341. The van der Waals surface area contributed by atoms with Crippen LogP contribution in [0.25, 0.3) is 0 Å². The van der Waals surface area contributed by atoms with Crippen LogP contribution in [-0.2, 0) is 16.4 Å². The lowest BCUT2D eigenvalue weighted by Gasteiger charge is -2.26. The van der Waals surface area contributed by atoms with Crippen LogP contribution in [0.3, 0.4) is 0 Å². The second-order valence-corrected chi connectivity index (χ2v) is 8.00. The number of benzene rings is 1. The van der Waals surface area contributed by atoms with Crippen LogP contribution < -0.4 is 5.32 Å². The van der Waals surface area contributed by atoms with E-state index in [1.165, 1.54) is 0 Å². The van der Waals surface area contributed by atoms with Gasteiger partial charge in [0.2, 0.25) is 10.0 Å². The maximum Gasteiger partial charge on any atom is 0.243 e. The van der Waals surface area contributed by atoms with Gasteiger partial charge in [-0.05, 0) is 62.8 Å². The maximum atomic E-state index is 12.8. The fraction of sp³-hybridized carbons (Fsp3) is 0.600. The third kappa shape index (κ3) is 2.56. The van der Waals surface area contributed by atoms with E-state index in [2.05, 4.69) is 5.32 Å². The minimum atomic E-state index is -3.37. The normalized spacial score (nSPS) is 18.4. The number of nitrogens with one attached hydrogen (secondary N) is 1. The molecule has 0 radical (unpaired) electrons. The van der Waals surface area contributed by atoms with E-state index in [-0.39, 0.29) is 6.04 Å². The molecule has 0 saturated heterocycles. The summed E-state index contributed by atoms with van der Waals surface area (Å²) in [4.78, 5) is 0.439. The Morgan fingerprint density at radius 1 is 1.35 bits per heavy atom. The van der Waals surface area contributed by atoms with Gasteiger partial charge in [0.1, 0.15) is 0 Å². The lowest BCUT2D eigenvalue weighted by Crippen LogP contribution is -2.38. The van der Waals surface area contributed by atoms with Gasteiger partial charge in [0, 0.05) is 24.8 Å². The number of hydrogen-bond acceptors (Lipinski definition) is 3. The number of rotatable bonds is 5. The van der Waals surface area contributed by atoms with Gasteiger partial charge in [0.15, 0.2) is 0 Å². The molecule has 0 atom stereocenters. The van der Waals surface area contributed by atoms with E-state index >= 15 is 0 Å². The van der Waals surface area contributed by atoms with Gasteiger partial charge < -0.3 is 5.32 Å². The van der Waals surface area contributed by atoms with Crippen LogP contribution in [0.15, 0.2) is 23.1 Å². The number of anilines is 1. The molecule has 4 nitrogen and oxygen atoms in total. The van der Waals surface area contributed by atoms with Crippen molar-refractivity contribution in [3.8, 4) is 0 Å². The first-order chi connectivity index (χ1) is 9.48. The Bertz CT molecular complexity index is 606. The van der Waals surface area contributed by atoms with Crippen molar-refractivity contribution in [2.24, 2.45) is 5.92 Å². The zero-order chi connectivity index (χ0) is 14.3. The van der Waals surface area contributed by atoms with Gasteiger partial charge in [-0.15, -0.1) is 0 Å². The molecule has 1 saturated carbocycles. The average Bonchev–Trinajstić information content (AvgIpc) is 3.10. The molecule has 3 rings (SSSR count). The van der Waals surface area contributed by atoms with Crippen molar-refractivity contribution in [3.05, 3.63) is 23.8 Å². The van der Waals surface area contributed by atoms with Crippen LogP contribution in [0.4, 0.5) is 5.69 Å². The molecule has 1 aliphatic heterocycles. The smallest absolute Gasteiger partial charge is 0.243 e. The molecule has 1 aliphatic carbocycles. The van der Waals surface area contributed by atoms with Crippen molar-refractivity contribution in [3.63, 3.8) is 0 Å². The molecule has 0 unspecified atom stereocenters. The predicted molar refractivity (Wildman–Crippen MR) is 80.4 cm³/mol. The highest BCUT2D eigenvalue weighted by atomic mass is 32.2. The van der Waals surface area contributed by atoms with Crippen LogP contribution in [0.1, 0.15) is 32.3 Å². The molecular formula is C15H22N2O2S. The third-order valence-corrected chi connectivity index (χ3v) is 6.14. The first-order valence-corrected chi connectivity index (χ1v) is 8.81. The molecule has 20 heavy (non-hydrogen) atoms. The SMILES string of the molecule is CC(C)N(CC1CC1)S(=O)(=O)c1ccc2c(c1)CCN2. The Morgan fingerprint density at radius 3 is 2.75 bits per heavy atom. The van der Waals surface area contributed by atoms with Gasteiger partial charge in [-0.3, -0.25) is 0 Å². The summed E-state index contributed by atoms with van der Waals surface area (Å²) < 4.78 is 27.3. The summed E-state index contributed by atoms with van der Waals surface area (Å²) in [7, 11) is -3.37. The van der Waals surface area contributed by atoms with Gasteiger partial charge in [-0.25, -0.2) is 8.42 Å². The molecule has 1 fully saturated rings. The fourth-order valence-electron chi connectivity index (χ4n) is 2.72. The number of hydrogen-bond donors (Lipinski definition) is 1. The predicted octanol–water partition coefficient (Wildman–Crippen LogP) is 2.46. The largest absolute Gasteiger partial charge is 0.384 e. The van der Waals surface area contributed by atoms with E-state index < -0.39 is 10.0 Å².